The van der Waals surface area contributed by atoms with Crippen LogP contribution in [0.3, 0.4) is 0 Å². The zero-order valence-electron chi connectivity index (χ0n) is 11.1. The Hall–Kier alpha value is -0.773. The van der Waals surface area contributed by atoms with Crippen molar-refractivity contribution in [2.45, 2.75) is 52.8 Å². The molecule has 0 amide bonds. The summed E-state index contributed by atoms with van der Waals surface area (Å²) in [6, 6.07) is 3.60. The molecule has 16 heavy (non-hydrogen) atoms. The lowest BCUT2D eigenvalue weighted by atomic mass is 10.8. The quantitative estimate of drug-likeness (QED) is 0.718. The van der Waals surface area contributed by atoms with Crippen molar-refractivity contribution in [1.29, 1.82) is 0 Å². The summed E-state index contributed by atoms with van der Waals surface area (Å²) in [5, 5.41) is 1.14. The molecule has 0 spiro atoms. The van der Waals surface area contributed by atoms with Gasteiger partial charge in [0.25, 0.3) is 0 Å². The smallest absolute Gasteiger partial charge is 0.303 e. The molecule has 1 rings (SSSR count). The molecule has 0 atom stereocenters. The first-order chi connectivity index (χ1) is 7.63. The molecular weight excluding hydrogens is 218 g/mol. The summed E-state index contributed by atoms with van der Waals surface area (Å²) in [7, 11) is -1.48. The van der Waals surface area contributed by atoms with Gasteiger partial charge in [0.2, 0.25) is 0 Å². The highest BCUT2D eigenvalue weighted by Crippen LogP contribution is 2.25. The van der Waals surface area contributed by atoms with Crippen molar-refractivity contribution in [2.24, 2.45) is 0 Å². The molecular formula is C12H23NO2Si. The van der Waals surface area contributed by atoms with E-state index in [1.807, 2.05) is 13.8 Å². The van der Waals surface area contributed by atoms with E-state index < -0.39 is 8.07 Å². The maximum atomic E-state index is 5.57. The van der Waals surface area contributed by atoms with Gasteiger partial charge in [-0.25, -0.2) is 4.98 Å². The zero-order valence-corrected chi connectivity index (χ0v) is 12.1. The fraction of sp³-hybridized carbons (Fsp3) is 0.750. The van der Waals surface area contributed by atoms with E-state index in [1.165, 1.54) is 18.1 Å². The fourth-order valence-corrected chi connectivity index (χ4v) is 5.68. The van der Waals surface area contributed by atoms with E-state index in [-0.39, 0.29) is 0 Å². The summed E-state index contributed by atoms with van der Waals surface area (Å²) >= 11 is 0. The van der Waals surface area contributed by atoms with Gasteiger partial charge in [0.05, 0.1) is 6.61 Å². The SMILES string of the molecule is CCOc1oc(C)nc1[Si](CC)(CC)CC. The van der Waals surface area contributed by atoms with E-state index in [1.54, 1.807) is 0 Å². The molecule has 0 unspecified atom stereocenters. The number of rotatable bonds is 6. The first kappa shape index (κ1) is 13.3. The van der Waals surface area contributed by atoms with Gasteiger partial charge in [-0.15, -0.1) is 0 Å². The Morgan fingerprint density at radius 3 is 2.12 bits per heavy atom. The number of ether oxygens (including phenoxy) is 1. The van der Waals surface area contributed by atoms with Crippen molar-refractivity contribution < 1.29 is 9.15 Å². The van der Waals surface area contributed by atoms with Crippen LogP contribution in [0.1, 0.15) is 33.6 Å². The van der Waals surface area contributed by atoms with Crippen LogP contribution in [0.25, 0.3) is 0 Å². The number of hydrogen-bond donors (Lipinski definition) is 0. The van der Waals surface area contributed by atoms with Crippen LogP contribution in [0.5, 0.6) is 5.95 Å². The van der Waals surface area contributed by atoms with Crippen LogP contribution >= 0.6 is 0 Å². The van der Waals surface area contributed by atoms with E-state index in [0.29, 0.717) is 12.6 Å². The third-order valence-corrected chi connectivity index (χ3v) is 8.89. The lowest BCUT2D eigenvalue weighted by Gasteiger charge is -2.25. The molecule has 0 saturated carbocycles. The Morgan fingerprint density at radius 2 is 1.69 bits per heavy atom. The van der Waals surface area contributed by atoms with Gasteiger partial charge >= 0.3 is 5.95 Å². The van der Waals surface area contributed by atoms with E-state index in [9.17, 15) is 0 Å². The van der Waals surface area contributed by atoms with Crippen molar-refractivity contribution in [2.75, 3.05) is 6.61 Å². The predicted molar refractivity (Wildman–Crippen MR) is 69.2 cm³/mol. The van der Waals surface area contributed by atoms with Crippen LogP contribution in [-0.4, -0.2) is 19.7 Å². The molecule has 0 N–H and O–H groups in total. The molecule has 1 heterocycles. The standard InChI is InChI=1S/C12H23NO2Si/c1-6-14-12-11(13-10(5)15-12)16(7-2,8-3)9-4/h6-9H2,1-5H3. The summed E-state index contributed by atoms with van der Waals surface area (Å²) in [6.45, 7) is 11.3. The normalized spacial score (nSPS) is 11.8. The molecule has 1 aromatic heterocycles. The highest BCUT2D eigenvalue weighted by Gasteiger charge is 2.36. The number of aromatic nitrogens is 1. The second kappa shape index (κ2) is 5.52. The molecule has 0 aliphatic carbocycles. The summed E-state index contributed by atoms with van der Waals surface area (Å²) in [5.74, 6) is 1.41. The maximum absolute atomic E-state index is 5.57. The Morgan fingerprint density at radius 1 is 1.12 bits per heavy atom. The lowest BCUT2D eigenvalue weighted by molar-refractivity contribution is 0.255. The van der Waals surface area contributed by atoms with Crippen molar-refractivity contribution >= 4 is 13.4 Å². The third-order valence-electron chi connectivity index (χ3n) is 3.51. The number of aryl methyl sites for hydroxylation is 1. The highest BCUT2D eigenvalue weighted by atomic mass is 28.3. The van der Waals surface area contributed by atoms with Crippen LogP contribution in [0.2, 0.25) is 18.1 Å². The average Bonchev–Trinajstić information content (AvgIpc) is 2.65. The molecule has 0 aliphatic heterocycles. The topological polar surface area (TPSA) is 35.3 Å². The lowest BCUT2D eigenvalue weighted by Crippen LogP contribution is -2.47. The van der Waals surface area contributed by atoms with Crippen molar-refractivity contribution in [1.82, 2.24) is 4.98 Å². The molecule has 0 aliphatic rings. The molecule has 92 valence electrons. The number of oxazole rings is 1. The minimum atomic E-state index is -1.48. The van der Waals surface area contributed by atoms with Gasteiger partial charge < -0.3 is 9.15 Å². The molecule has 0 fully saturated rings. The van der Waals surface area contributed by atoms with Crippen molar-refractivity contribution in [3.8, 4) is 5.95 Å². The summed E-state index contributed by atoms with van der Waals surface area (Å²) in [4.78, 5) is 4.58. The molecule has 0 radical (unpaired) electrons. The maximum Gasteiger partial charge on any atom is 0.303 e. The van der Waals surface area contributed by atoms with Crippen molar-refractivity contribution in [3.63, 3.8) is 0 Å². The van der Waals surface area contributed by atoms with Gasteiger partial charge in [0, 0.05) is 6.92 Å². The largest absolute Gasteiger partial charge is 0.464 e. The van der Waals surface area contributed by atoms with Gasteiger partial charge in [-0.2, -0.15) is 0 Å². The zero-order chi connectivity index (χ0) is 12.2. The van der Waals surface area contributed by atoms with Gasteiger partial charge in [-0.3, -0.25) is 0 Å². The molecule has 1 aromatic rings. The Balaban J connectivity index is 3.17. The molecule has 0 aromatic carbocycles. The first-order valence-electron chi connectivity index (χ1n) is 6.24. The summed E-state index contributed by atoms with van der Waals surface area (Å²) in [5.41, 5.74) is 0. The Bertz CT molecular complexity index is 323. The average molecular weight is 241 g/mol. The molecule has 3 nitrogen and oxygen atoms in total. The Kier molecular flexibility index (Phi) is 4.59. The van der Waals surface area contributed by atoms with Gasteiger partial charge in [-0.05, 0) is 6.92 Å². The monoisotopic (exact) mass is 241 g/mol. The van der Waals surface area contributed by atoms with Crippen molar-refractivity contribution in [3.05, 3.63) is 5.89 Å². The molecule has 0 saturated heterocycles. The van der Waals surface area contributed by atoms with Gasteiger partial charge in [0.15, 0.2) is 5.89 Å². The minimum absolute atomic E-state index is 0.642. The minimum Gasteiger partial charge on any atom is -0.464 e. The first-order valence-corrected chi connectivity index (χ1v) is 8.86. The van der Waals surface area contributed by atoms with Crippen LogP contribution in [0, 0.1) is 6.92 Å². The molecule has 4 heteroatoms. The van der Waals surface area contributed by atoms with E-state index in [4.69, 9.17) is 9.15 Å². The highest BCUT2D eigenvalue weighted by molar-refractivity contribution is 6.91. The summed E-state index contributed by atoms with van der Waals surface area (Å²) in [6.07, 6.45) is 0. The van der Waals surface area contributed by atoms with Crippen LogP contribution in [0.4, 0.5) is 0 Å². The Labute approximate surface area is 99.2 Å². The van der Waals surface area contributed by atoms with E-state index in [2.05, 4.69) is 25.8 Å². The van der Waals surface area contributed by atoms with E-state index in [0.717, 1.165) is 11.2 Å². The van der Waals surface area contributed by atoms with Gasteiger partial charge in [-0.1, -0.05) is 38.9 Å². The second-order valence-corrected chi connectivity index (χ2v) is 9.30. The summed E-state index contributed by atoms with van der Waals surface area (Å²) < 4.78 is 11.1. The second-order valence-electron chi connectivity index (χ2n) is 4.14. The fourth-order valence-electron chi connectivity index (χ4n) is 2.22. The predicted octanol–water partition coefficient (Wildman–Crippen LogP) is 3.10. The van der Waals surface area contributed by atoms with Crippen LogP contribution in [0.15, 0.2) is 4.42 Å². The van der Waals surface area contributed by atoms with Crippen LogP contribution < -0.4 is 10.1 Å². The number of nitrogens with zero attached hydrogens (tertiary/aromatic N) is 1. The van der Waals surface area contributed by atoms with Gasteiger partial charge in [0.1, 0.15) is 13.4 Å². The third kappa shape index (κ3) is 2.31. The van der Waals surface area contributed by atoms with Crippen LogP contribution in [-0.2, 0) is 0 Å². The molecule has 0 bridgehead atoms. The van der Waals surface area contributed by atoms with E-state index >= 15 is 0 Å². The number of hydrogen-bond acceptors (Lipinski definition) is 3.